The average Bonchev–Trinajstić information content (AvgIpc) is 3.16. The summed E-state index contributed by atoms with van der Waals surface area (Å²) in [6, 6.07) is 11.1. The van der Waals surface area contributed by atoms with Crippen molar-refractivity contribution < 1.29 is 20.1 Å². The third-order valence-electron chi connectivity index (χ3n) is 6.15. The Bertz CT molecular complexity index is 796. The van der Waals surface area contributed by atoms with E-state index in [1.165, 1.54) is 6.20 Å². The molecule has 28 heavy (non-hydrogen) atoms. The minimum Gasteiger partial charge on any atom is -0.506 e. The van der Waals surface area contributed by atoms with Gasteiger partial charge in [0, 0.05) is 26.1 Å². The van der Waals surface area contributed by atoms with E-state index >= 15 is 0 Å². The van der Waals surface area contributed by atoms with Crippen LogP contribution in [0.2, 0.25) is 0 Å². The van der Waals surface area contributed by atoms with Gasteiger partial charge in [-0.25, -0.2) is 0 Å². The molecule has 2 unspecified atom stereocenters. The molecule has 0 bridgehead atoms. The van der Waals surface area contributed by atoms with Crippen LogP contribution in [0, 0.1) is 11.8 Å². The highest BCUT2D eigenvalue weighted by atomic mass is 16.5. The number of rotatable bonds is 6. The van der Waals surface area contributed by atoms with Crippen molar-refractivity contribution in [2.45, 2.75) is 31.0 Å². The van der Waals surface area contributed by atoms with E-state index in [0.717, 1.165) is 37.2 Å². The number of ether oxygens (including phenoxy) is 1. The number of pyridine rings is 1. The Morgan fingerprint density at radius 1 is 1.21 bits per heavy atom. The third-order valence-corrected chi connectivity index (χ3v) is 6.15. The Morgan fingerprint density at radius 3 is 2.61 bits per heavy atom. The Balaban J connectivity index is 1.33. The number of fused-ring (bicyclic) bond motifs is 1. The Morgan fingerprint density at radius 2 is 1.96 bits per heavy atom. The standard InChI is InChI=1S/C22H28N2O4/c1-28-19-4-2-3-15(7-19)8-22(27)9-16-12-24(13-17(16)10-22)14-21(26)20-6-5-18(25)11-23-20/h2-7,11,16-17,21,25-27H,8-10,12-14H2,1H3/t16-,17?,21?,22-/m1/s1. The second-order valence-electron chi connectivity index (χ2n) is 8.36. The number of benzene rings is 1. The fourth-order valence-electron chi connectivity index (χ4n) is 4.95. The molecule has 1 aromatic heterocycles. The maximum atomic E-state index is 11.1. The van der Waals surface area contributed by atoms with E-state index in [-0.39, 0.29) is 5.75 Å². The Labute approximate surface area is 165 Å². The molecule has 2 heterocycles. The van der Waals surface area contributed by atoms with Crippen LogP contribution in [0.5, 0.6) is 11.5 Å². The molecule has 2 fully saturated rings. The van der Waals surface area contributed by atoms with Crippen LogP contribution >= 0.6 is 0 Å². The first-order valence-electron chi connectivity index (χ1n) is 9.85. The Kier molecular flexibility index (Phi) is 5.27. The lowest BCUT2D eigenvalue weighted by Crippen LogP contribution is -2.33. The van der Waals surface area contributed by atoms with Gasteiger partial charge in [-0.05, 0) is 54.5 Å². The van der Waals surface area contributed by atoms with Crippen molar-refractivity contribution in [3.05, 3.63) is 53.9 Å². The van der Waals surface area contributed by atoms with Gasteiger partial charge in [-0.3, -0.25) is 9.88 Å². The van der Waals surface area contributed by atoms with Crippen LogP contribution in [0.4, 0.5) is 0 Å². The summed E-state index contributed by atoms with van der Waals surface area (Å²) < 4.78 is 5.29. The molecule has 6 heteroatoms. The second kappa shape index (κ2) is 7.70. The van der Waals surface area contributed by atoms with Crippen LogP contribution in [0.15, 0.2) is 42.6 Å². The SMILES string of the molecule is COc1cccc(C[C@]2(O)CC3CN(CC(O)c4ccc(O)cn4)C[C@H]3C2)c1. The molecule has 2 aromatic rings. The minimum atomic E-state index is -0.671. The Hall–Kier alpha value is -2.15. The van der Waals surface area contributed by atoms with E-state index in [0.29, 0.717) is 30.5 Å². The van der Waals surface area contributed by atoms with Crippen molar-refractivity contribution in [1.82, 2.24) is 9.88 Å². The van der Waals surface area contributed by atoms with Gasteiger partial charge in [-0.15, -0.1) is 0 Å². The van der Waals surface area contributed by atoms with Crippen molar-refractivity contribution in [3.8, 4) is 11.5 Å². The molecule has 1 aromatic carbocycles. The zero-order chi connectivity index (χ0) is 19.7. The number of β-amino-alcohol motifs (C(OH)–C–C–N with tert-alkyl or cyclic N) is 1. The maximum Gasteiger partial charge on any atom is 0.133 e. The highest BCUT2D eigenvalue weighted by Gasteiger charge is 2.48. The van der Waals surface area contributed by atoms with E-state index in [1.807, 2.05) is 24.3 Å². The van der Waals surface area contributed by atoms with E-state index in [1.54, 1.807) is 19.2 Å². The maximum absolute atomic E-state index is 11.1. The molecule has 1 aliphatic carbocycles. The fraction of sp³-hybridized carbons (Fsp3) is 0.500. The lowest BCUT2D eigenvalue weighted by atomic mass is 9.91. The third kappa shape index (κ3) is 4.14. The topological polar surface area (TPSA) is 86.1 Å². The van der Waals surface area contributed by atoms with E-state index in [2.05, 4.69) is 9.88 Å². The molecule has 4 atom stereocenters. The largest absolute Gasteiger partial charge is 0.506 e. The van der Waals surface area contributed by atoms with Gasteiger partial charge < -0.3 is 20.1 Å². The number of aliphatic hydroxyl groups excluding tert-OH is 1. The number of likely N-dealkylation sites (tertiary alicyclic amines) is 1. The summed E-state index contributed by atoms with van der Waals surface area (Å²) in [5.41, 5.74) is 1.02. The highest BCUT2D eigenvalue weighted by molar-refractivity contribution is 5.30. The monoisotopic (exact) mass is 384 g/mol. The molecule has 0 spiro atoms. The molecular formula is C22H28N2O4. The summed E-state index contributed by atoms with van der Waals surface area (Å²) in [6.07, 6.45) is 2.92. The number of hydrogen-bond acceptors (Lipinski definition) is 6. The highest BCUT2D eigenvalue weighted by Crippen LogP contribution is 2.45. The molecule has 1 saturated heterocycles. The molecule has 6 nitrogen and oxygen atoms in total. The van der Waals surface area contributed by atoms with Crippen LogP contribution in [0.3, 0.4) is 0 Å². The summed E-state index contributed by atoms with van der Waals surface area (Å²) in [5.74, 6) is 1.83. The van der Waals surface area contributed by atoms with Crippen LogP contribution in [0.25, 0.3) is 0 Å². The molecule has 3 N–H and O–H groups in total. The summed E-state index contributed by atoms with van der Waals surface area (Å²) in [4.78, 5) is 6.36. The van der Waals surface area contributed by atoms with Crippen LogP contribution in [0.1, 0.15) is 30.2 Å². The van der Waals surface area contributed by atoms with Crippen molar-refractivity contribution >= 4 is 0 Å². The predicted octanol–water partition coefficient (Wildman–Crippen LogP) is 2.14. The van der Waals surface area contributed by atoms with Gasteiger partial charge in [0.1, 0.15) is 17.6 Å². The molecule has 2 aliphatic rings. The van der Waals surface area contributed by atoms with Crippen LogP contribution < -0.4 is 4.74 Å². The molecule has 1 aliphatic heterocycles. The van der Waals surface area contributed by atoms with Gasteiger partial charge in [-0.2, -0.15) is 0 Å². The van der Waals surface area contributed by atoms with Gasteiger partial charge in [0.2, 0.25) is 0 Å². The number of methoxy groups -OCH3 is 1. The lowest BCUT2D eigenvalue weighted by molar-refractivity contribution is 0.0326. The van der Waals surface area contributed by atoms with Gasteiger partial charge in [0.25, 0.3) is 0 Å². The predicted molar refractivity (Wildman–Crippen MR) is 105 cm³/mol. The summed E-state index contributed by atoms with van der Waals surface area (Å²) in [7, 11) is 1.66. The normalized spacial score (nSPS) is 28.2. The first kappa shape index (κ1) is 19.2. The second-order valence-corrected chi connectivity index (χ2v) is 8.36. The fourth-order valence-corrected chi connectivity index (χ4v) is 4.95. The minimum absolute atomic E-state index is 0.0991. The molecule has 150 valence electrons. The van der Waals surface area contributed by atoms with Crippen molar-refractivity contribution in [2.24, 2.45) is 11.8 Å². The number of aromatic nitrogens is 1. The quantitative estimate of drug-likeness (QED) is 0.708. The molecule has 4 rings (SSSR count). The summed E-state index contributed by atoms with van der Waals surface area (Å²) >= 11 is 0. The number of aliphatic hydroxyl groups is 2. The molecule has 0 amide bonds. The van der Waals surface area contributed by atoms with Crippen molar-refractivity contribution in [2.75, 3.05) is 26.7 Å². The molecule has 1 saturated carbocycles. The van der Waals surface area contributed by atoms with Gasteiger partial charge in [0.15, 0.2) is 0 Å². The first-order valence-corrected chi connectivity index (χ1v) is 9.85. The van der Waals surface area contributed by atoms with Crippen molar-refractivity contribution in [1.29, 1.82) is 0 Å². The first-order chi connectivity index (χ1) is 13.4. The van der Waals surface area contributed by atoms with E-state index < -0.39 is 11.7 Å². The van der Waals surface area contributed by atoms with Gasteiger partial charge >= 0.3 is 0 Å². The summed E-state index contributed by atoms with van der Waals surface area (Å²) in [6.45, 7) is 2.31. The van der Waals surface area contributed by atoms with Gasteiger partial charge in [-0.1, -0.05) is 12.1 Å². The zero-order valence-electron chi connectivity index (χ0n) is 16.2. The zero-order valence-corrected chi connectivity index (χ0v) is 16.2. The number of nitrogens with zero attached hydrogens (tertiary/aromatic N) is 2. The van der Waals surface area contributed by atoms with E-state index in [9.17, 15) is 15.3 Å². The summed E-state index contributed by atoms with van der Waals surface area (Å²) in [5, 5.41) is 30.9. The number of hydrogen-bond donors (Lipinski definition) is 3. The number of aromatic hydroxyl groups is 1. The van der Waals surface area contributed by atoms with Crippen LogP contribution in [-0.2, 0) is 6.42 Å². The molecular weight excluding hydrogens is 356 g/mol. The van der Waals surface area contributed by atoms with E-state index in [4.69, 9.17) is 4.74 Å². The van der Waals surface area contributed by atoms with Crippen molar-refractivity contribution in [3.63, 3.8) is 0 Å². The van der Waals surface area contributed by atoms with Crippen LogP contribution in [-0.4, -0.2) is 57.5 Å². The lowest BCUT2D eigenvalue weighted by Gasteiger charge is -2.27. The smallest absolute Gasteiger partial charge is 0.133 e. The molecule has 0 radical (unpaired) electrons. The average molecular weight is 384 g/mol. The van der Waals surface area contributed by atoms with Gasteiger partial charge in [0.05, 0.1) is 24.6 Å².